The Bertz CT molecular complexity index is 982. The Labute approximate surface area is 200 Å². The second-order valence-corrected chi connectivity index (χ2v) is 11.0. The highest BCUT2D eigenvalue weighted by Crippen LogP contribution is 2.23. The average molecular weight is 523 g/mol. The van der Waals surface area contributed by atoms with Crippen LogP contribution in [0.5, 0.6) is 0 Å². The lowest BCUT2D eigenvalue weighted by molar-refractivity contribution is -0.126. The predicted molar refractivity (Wildman–Crippen MR) is 133 cm³/mol. The molecule has 1 saturated heterocycles. The summed E-state index contributed by atoms with van der Waals surface area (Å²) >= 11 is 3.36. The molecular weight excluding hydrogens is 490 g/mol. The molecular formula is C24H32BrN3O3S. The summed E-state index contributed by atoms with van der Waals surface area (Å²) in [6.45, 7) is 7.45. The maximum absolute atomic E-state index is 12.8. The third-order valence-corrected chi connectivity index (χ3v) is 8.39. The number of piperidine rings is 1. The zero-order valence-electron chi connectivity index (χ0n) is 18.8. The van der Waals surface area contributed by atoms with Gasteiger partial charge in [0.25, 0.3) is 0 Å². The van der Waals surface area contributed by atoms with Crippen molar-refractivity contribution in [1.29, 1.82) is 0 Å². The molecule has 0 aromatic heterocycles. The molecule has 0 saturated carbocycles. The molecule has 2 aromatic carbocycles. The molecule has 0 bridgehead atoms. The summed E-state index contributed by atoms with van der Waals surface area (Å²) in [4.78, 5) is 14.9. The number of amides is 1. The smallest absolute Gasteiger partial charge is 0.223 e. The van der Waals surface area contributed by atoms with Gasteiger partial charge in [-0.2, -0.15) is 0 Å². The fourth-order valence-electron chi connectivity index (χ4n) is 4.03. The van der Waals surface area contributed by atoms with E-state index in [2.05, 4.69) is 52.1 Å². The lowest BCUT2D eigenvalue weighted by Gasteiger charge is -2.30. The average Bonchev–Trinajstić information content (AvgIpc) is 2.80. The molecule has 1 fully saturated rings. The summed E-state index contributed by atoms with van der Waals surface area (Å²) < 4.78 is 28.0. The van der Waals surface area contributed by atoms with Crippen molar-refractivity contribution in [1.82, 2.24) is 9.62 Å². The number of benzene rings is 2. The van der Waals surface area contributed by atoms with Gasteiger partial charge in [0.05, 0.1) is 5.75 Å². The van der Waals surface area contributed by atoms with Crippen LogP contribution in [0, 0.1) is 5.92 Å². The van der Waals surface area contributed by atoms with Gasteiger partial charge in [0, 0.05) is 48.8 Å². The zero-order chi connectivity index (χ0) is 23.1. The molecule has 1 aliphatic heterocycles. The summed E-state index contributed by atoms with van der Waals surface area (Å²) in [6, 6.07) is 15.6. The molecule has 1 aliphatic rings. The van der Waals surface area contributed by atoms with Gasteiger partial charge in [-0.05, 0) is 62.1 Å². The molecule has 1 N–H and O–H groups in total. The van der Waals surface area contributed by atoms with Gasteiger partial charge < -0.3 is 10.2 Å². The van der Waals surface area contributed by atoms with Crippen LogP contribution < -0.4 is 10.2 Å². The first kappa shape index (κ1) is 24.7. The van der Waals surface area contributed by atoms with Crippen LogP contribution in [0.25, 0.3) is 0 Å². The van der Waals surface area contributed by atoms with Gasteiger partial charge in [-0.1, -0.05) is 40.2 Å². The molecule has 0 radical (unpaired) electrons. The number of hydrogen-bond donors (Lipinski definition) is 1. The number of halogens is 1. The lowest BCUT2D eigenvalue weighted by atomic mass is 9.97. The molecule has 8 heteroatoms. The highest BCUT2D eigenvalue weighted by atomic mass is 79.9. The van der Waals surface area contributed by atoms with Gasteiger partial charge in [-0.25, -0.2) is 12.7 Å². The van der Waals surface area contributed by atoms with Crippen LogP contribution in [0.3, 0.4) is 0 Å². The fourth-order valence-corrected chi connectivity index (χ4v) is 5.85. The minimum Gasteiger partial charge on any atom is -0.372 e. The van der Waals surface area contributed by atoms with Crippen molar-refractivity contribution in [3.05, 3.63) is 64.1 Å². The van der Waals surface area contributed by atoms with Crippen molar-refractivity contribution < 1.29 is 13.2 Å². The Balaban J connectivity index is 1.47. The first-order valence-corrected chi connectivity index (χ1v) is 13.6. The number of carbonyl (C=O) groups is 1. The number of nitrogens with zero attached hydrogens (tertiary/aromatic N) is 2. The fraction of sp³-hybridized carbons (Fsp3) is 0.458. The summed E-state index contributed by atoms with van der Waals surface area (Å²) in [5.74, 6) is -0.160. The molecule has 0 spiro atoms. The molecule has 0 unspecified atom stereocenters. The molecule has 174 valence electrons. The van der Waals surface area contributed by atoms with E-state index in [1.165, 1.54) is 9.99 Å². The quantitative estimate of drug-likeness (QED) is 0.537. The molecule has 2 aromatic rings. The highest BCUT2D eigenvalue weighted by molar-refractivity contribution is 9.10. The van der Waals surface area contributed by atoms with Crippen molar-refractivity contribution >= 4 is 37.5 Å². The first-order valence-electron chi connectivity index (χ1n) is 11.2. The minimum atomic E-state index is -3.39. The number of sulfonamides is 1. The number of hydrogen-bond acceptors (Lipinski definition) is 4. The molecule has 6 nitrogen and oxygen atoms in total. The highest BCUT2D eigenvalue weighted by Gasteiger charge is 2.31. The molecule has 3 rings (SSSR count). The van der Waals surface area contributed by atoms with E-state index < -0.39 is 10.0 Å². The van der Waals surface area contributed by atoms with Gasteiger partial charge in [0.1, 0.15) is 0 Å². The van der Waals surface area contributed by atoms with Crippen molar-refractivity contribution in [3.8, 4) is 0 Å². The summed E-state index contributed by atoms with van der Waals surface area (Å²) in [6.07, 6.45) is 1.10. The van der Waals surface area contributed by atoms with Crippen LogP contribution in [0.15, 0.2) is 53.0 Å². The number of anilines is 1. The van der Waals surface area contributed by atoms with Crippen LogP contribution in [-0.4, -0.2) is 44.8 Å². The normalized spacial score (nSPS) is 15.5. The monoisotopic (exact) mass is 521 g/mol. The van der Waals surface area contributed by atoms with E-state index in [0.717, 1.165) is 28.7 Å². The van der Waals surface area contributed by atoms with Gasteiger partial charge in [-0.15, -0.1) is 0 Å². The first-order chi connectivity index (χ1) is 15.3. The lowest BCUT2D eigenvalue weighted by Crippen LogP contribution is -2.43. The second kappa shape index (κ2) is 11.3. The number of rotatable bonds is 9. The van der Waals surface area contributed by atoms with Gasteiger partial charge >= 0.3 is 0 Å². The second-order valence-electron chi connectivity index (χ2n) is 8.11. The molecule has 1 amide bonds. The van der Waals surface area contributed by atoms with Crippen LogP contribution >= 0.6 is 15.9 Å². The van der Waals surface area contributed by atoms with Gasteiger partial charge in [-0.3, -0.25) is 4.79 Å². The summed E-state index contributed by atoms with van der Waals surface area (Å²) in [5.41, 5.74) is 3.01. The maximum Gasteiger partial charge on any atom is 0.223 e. The largest absolute Gasteiger partial charge is 0.372 e. The van der Waals surface area contributed by atoms with Crippen LogP contribution in [-0.2, 0) is 27.1 Å². The van der Waals surface area contributed by atoms with E-state index in [0.29, 0.717) is 32.5 Å². The third-order valence-electron chi connectivity index (χ3n) is 6.01. The Morgan fingerprint density at radius 2 is 1.56 bits per heavy atom. The van der Waals surface area contributed by atoms with Crippen molar-refractivity contribution in [3.63, 3.8) is 0 Å². The predicted octanol–water partition coefficient (Wildman–Crippen LogP) is 4.15. The van der Waals surface area contributed by atoms with Crippen LogP contribution in [0.2, 0.25) is 0 Å². The van der Waals surface area contributed by atoms with Gasteiger partial charge in [0.15, 0.2) is 0 Å². The Hall–Kier alpha value is -1.90. The zero-order valence-corrected chi connectivity index (χ0v) is 21.2. The van der Waals surface area contributed by atoms with Gasteiger partial charge in [0.2, 0.25) is 15.9 Å². The van der Waals surface area contributed by atoms with E-state index in [-0.39, 0.29) is 17.6 Å². The topological polar surface area (TPSA) is 69.7 Å². The van der Waals surface area contributed by atoms with E-state index in [9.17, 15) is 13.2 Å². The number of nitrogens with one attached hydrogen (secondary N) is 1. The van der Waals surface area contributed by atoms with Crippen molar-refractivity contribution in [2.45, 2.75) is 39.0 Å². The van der Waals surface area contributed by atoms with Crippen molar-refractivity contribution in [2.75, 3.05) is 31.1 Å². The maximum atomic E-state index is 12.8. The van der Waals surface area contributed by atoms with Crippen molar-refractivity contribution in [2.24, 2.45) is 5.92 Å². The standard InChI is InChI=1S/C24H32BrN3O3S/c1-3-27(4-2)23-11-7-19(8-12-23)17-26-24(29)21-13-15-28(16-14-21)32(30,31)18-20-5-9-22(25)10-6-20/h5-12,21H,3-4,13-18H2,1-2H3,(H,26,29). The Kier molecular flexibility index (Phi) is 8.73. The molecule has 0 aliphatic carbocycles. The molecule has 0 atom stereocenters. The van der Waals surface area contributed by atoms with E-state index >= 15 is 0 Å². The Morgan fingerprint density at radius 3 is 2.12 bits per heavy atom. The Morgan fingerprint density at radius 1 is 1.00 bits per heavy atom. The minimum absolute atomic E-state index is 0.00257. The SMILES string of the molecule is CCN(CC)c1ccc(CNC(=O)C2CCN(S(=O)(=O)Cc3ccc(Br)cc3)CC2)cc1. The van der Waals surface area contributed by atoms with Crippen LogP contribution in [0.1, 0.15) is 37.8 Å². The van der Waals surface area contributed by atoms with E-state index in [1.54, 1.807) is 0 Å². The van der Waals surface area contributed by atoms with E-state index in [1.807, 2.05) is 36.4 Å². The molecule has 1 heterocycles. The molecule has 32 heavy (non-hydrogen) atoms. The van der Waals surface area contributed by atoms with E-state index in [4.69, 9.17) is 0 Å². The third kappa shape index (κ3) is 6.56. The summed E-state index contributed by atoms with van der Waals surface area (Å²) in [5, 5.41) is 3.02. The van der Waals surface area contributed by atoms with Crippen LogP contribution in [0.4, 0.5) is 5.69 Å². The summed E-state index contributed by atoms with van der Waals surface area (Å²) in [7, 11) is -3.39. The number of carbonyl (C=O) groups excluding carboxylic acids is 1.